The van der Waals surface area contributed by atoms with Gasteiger partial charge in [0.05, 0.1) is 18.6 Å². The summed E-state index contributed by atoms with van der Waals surface area (Å²) in [5.74, 6) is 2.29. The maximum absolute atomic E-state index is 12.9. The van der Waals surface area contributed by atoms with Crippen LogP contribution in [0, 0.1) is 20.8 Å². The van der Waals surface area contributed by atoms with Gasteiger partial charge in [-0.05, 0) is 85.6 Å². The van der Waals surface area contributed by atoms with Gasteiger partial charge in [-0.2, -0.15) is 0 Å². The largest absolute Gasteiger partial charge is 0.493 e. The Morgan fingerprint density at radius 2 is 1.47 bits per heavy atom. The zero-order valence-corrected chi connectivity index (χ0v) is 22.8. The zero-order chi connectivity index (χ0) is 27.1. The highest BCUT2D eigenvalue weighted by Crippen LogP contribution is 2.34. The normalized spacial score (nSPS) is 14.2. The Labute approximate surface area is 227 Å². The number of imide groups is 1. The fourth-order valence-corrected chi connectivity index (χ4v) is 4.66. The molecular weight excluding hydrogens is 502 g/mol. The topological polar surface area (TPSA) is 74.3 Å². The van der Waals surface area contributed by atoms with Gasteiger partial charge >= 0.3 is 0 Å². The second-order valence-corrected chi connectivity index (χ2v) is 9.86. The Kier molecular flexibility index (Phi) is 8.97. The van der Waals surface area contributed by atoms with Gasteiger partial charge in [0.15, 0.2) is 11.5 Å². The number of carbonyl (C=O) groups excluding carboxylic acids is 2. The number of ether oxygens (including phenoxy) is 4. The molecule has 2 amide bonds. The first-order valence-corrected chi connectivity index (χ1v) is 13.1. The molecular formula is C30H31NO6S. The van der Waals surface area contributed by atoms with Gasteiger partial charge in [-0.15, -0.1) is 0 Å². The van der Waals surface area contributed by atoms with Gasteiger partial charge in [-0.3, -0.25) is 14.5 Å². The SMILES string of the molecule is COc1cc(/C=C2\SC(=O)N(CCOc3cc(C)ccc3C)C2=O)ccc1OCCOc1ccc(C)cc1. The van der Waals surface area contributed by atoms with E-state index in [4.69, 9.17) is 18.9 Å². The van der Waals surface area contributed by atoms with Crippen molar-refractivity contribution in [3.8, 4) is 23.0 Å². The van der Waals surface area contributed by atoms with Gasteiger partial charge in [0.1, 0.15) is 31.3 Å². The van der Waals surface area contributed by atoms with Gasteiger partial charge in [0, 0.05) is 0 Å². The van der Waals surface area contributed by atoms with Crippen molar-refractivity contribution in [1.29, 1.82) is 0 Å². The molecule has 0 aromatic heterocycles. The second-order valence-electron chi connectivity index (χ2n) is 8.87. The molecule has 4 rings (SSSR count). The minimum atomic E-state index is -0.336. The van der Waals surface area contributed by atoms with E-state index in [1.807, 2.05) is 69.3 Å². The second kappa shape index (κ2) is 12.6. The molecule has 8 heteroatoms. The Bertz CT molecular complexity index is 1340. The molecule has 3 aromatic rings. The van der Waals surface area contributed by atoms with Gasteiger partial charge in [-0.1, -0.05) is 35.9 Å². The van der Waals surface area contributed by atoms with Crippen LogP contribution in [-0.4, -0.2) is 49.5 Å². The fourth-order valence-electron chi connectivity index (χ4n) is 3.79. The van der Waals surface area contributed by atoms with Crippen molar-refractivity contribution in [3.63, 3.8) is 0 Å². The number of benzene rings is 3. The number of hydrogen-bond donors (Lipinski definition) is 0. The van der Waals surface area contributed by atoms with Crippen LogP contribution in [0.1, 0.15) is 22.3 Å². The minimum Gasteiger partial charge on any atom is -0.493 e. The number of hydrogen-bond acceptors (Lipinski definition) is 7. The van der Waals surface area contributed by atoms with E-state index in [-0.39, 0.29) is 24.3 Å². The third kappa shape index (κ3) is 6.89. The number of nitrogens with zero attached hydrogens (tertiary/aromatic N) is 1. The fraction of sp³-hybridized carbons (Fsp3) is 0.267. The summed E-state index contributed by atoms with van der Waals surface area (Å²) in [7, 11) is 1.55. The highest BCUT2D eigenvalue weighted by molar-refractivity contribution is 8.18. The smallest absolute Gasteiger partial charge is 0.293 e. The number of aryl methyl sites for hydroxylation is 3. The number of thioether (sulfide) groups is 1. The van der Waals surface area contributed by atoms with E-state index in [2.05, 4.69) is 0 Å². The van der Waals surface area contributed by atoms with E-state index < -0.39 is 0 Å². The first-order chi connectivity index (χ1) is 18.3. The van der Waals surface area contributed by atoms with Crippen molar-refractivity contribution in [2.45, 2.75) is 20.8 Å². The lowest BCUT2D eigenvalue weighted by Crippen LogP contribution is -2.32. The van der Waals surface area contributed by atoms with E-state index in [1.165, 1.54) is 10.5 Å². The Balaban J connectivity index is 1.33. The van der Waals surface area contributed by atoms with Crippen molar-refractivity contribution in [2.24, 2.45) is 0 Å². The first-order valence-electron chi connectivity index (χ1n) is 12.3. The molecule has 0 bridgehead atoms. The average molecular weight is 534 g/mol. The third-order valence-corrected chi connectivity index (χ3v) is 6.81. The van der Waals surface area contributed by atoms with Crippen LogP contribution in [0.15, 0.2) is 65.6 Å². The molecule has 0 unspecified atom stereocenters. The van der Waals surface area contributed by atoms with Crippen LogP contribution >= 0.6 is 11.8 Å². The summed E-state index contributed by atoms with van der Waals surface area (Å²) in [6, 6.07) is 19.1. The molecule has 1 saturated heterocycles. The maximum Gasteiger partial charge on any atom is 0.293 e. The Morgan fingerprint density at radius 3 is 2.24 bits per heavy atom. The van der Waals surface area contributed by atoms with E-state index in [0.717, 1.165) is 40.0 Å². The van der Waals surface area contributed by atoms with E-state index >= 15 is 0 Å². The maximum atomic E-state index is 12.9. The summed E-state index contributed by atoms with van der Waals surface area (Å²) in [4.78, 5) is 27.0. The standard InChI is InChI=1S/C30H31NO6S/c1-20-6-10-24(11-7-20)35-15-16-37-25-12-9-23(18-27(25)34-4)19-28-29(32)31(30(33)38-28)13-14-36-26-17-21(2)5-8-22(26)3/h5-12,17-19H,13-16H2,1-4H3/b28-19-. The van der Waals surface area contributed by atoms with Crippen LogP contribution in [0.2, 0.25) is 0 Å². The van der Waals surface area contributed by atoms with Crippen LogP contribution in [0.4, 0.5) is 4.79 Å². The van der Waals surface area contributed by atoms with Gasteiger partial charge in [0.25, 0.3) is 11.1 Å². The number of amides is 2. The molecule has 1 fully saturated rings. The van der Waals surface area contributed by atoms with Crippen LogP contribution < -0.4 is 18.9 Å². The summed E-state index contributed by atoms with van der Waals surface area (Å²) in [5, 5.41) is -0.314. The van der Waals surface area contributed by atoms with E-state index in [9.17, 15) is 9.59 Å². The Hall–Kier alpha value is -3.91. The third-order valence-electron chi connectivity index (χ3n) is 5.91. The van der Waals surface area contributed by atoms with Crippen LogP contribution in [0.3, 0.4) is 0 Å². The van der Waals surface area contributed by atoms with Crippen LogP contribution in [-0.2, 0) is 4.79 Å². The van der Waals surface area contributed by atoms with Gasteiger partial charge in [-0.25, -0.2) is 0 Å². The highest BCUT2D eigenvalue weighted by Gasteiger charge is 2.34. The van der Waals surface area contributed by atoms with Crippen LogP contribution in [0.5, 0.6) is 23.0 Å². The highest BCUT2D eigenvalue weighted by atomic mass is 32.2. The lowest BCUT2D eigenvalue weighted by molar-refractivity contribution is -0.123. The molecule has 1 aliphatic rings. The van der Waals surface area contributed by atoms with Crippen molar-refractivity contribution < 1.29 is 28.5 Å². The molecule has 1 aliphatic heterocycles. The van der Waals surface area contributed by atoms with Crippen molar-refractivity contribution in [2.75, 3.05) is 33.5 Å². The Morgan fingerprint density at radius 1 is 0.763 bits per heavy atom. The molecule has 7 nitrogen and oxygen atoms in total. The monoisotopic (exact) mass is 533 g/mol. The van der Waals surface area contributed by atoms with Crippen molar-refractivity contribution >= 4 is 29.0 Å². The summed E-state index contributed by atoms with van der Waals surface area (Å²) >= 11 is 0.916. The molecule has 0 N–H and O–H groups in total. The van der Waals surface area contributed by atoms with Crippen LogP contribution in [0.25, 0.3) is 6.08 Å². The lowest BCUT2D eigenvalue weighted by atomic mass is 10.1. The average Bonchev–Trinajstić information content (AvgIpc) is 3.17. The molecule has 3 aromatic carbocycles. The van der Waals surface area contributed by atoms with Gasteiger partial charge in [0.2, 0.25) is 0 Å². The molecule has 198 valence electrons. The van der Waals surface area contributed by atoms with Crippen molar-refractivity contribution in [3.05, 3.63) is 87.8 Å². The first kappa shape index (κ1) is 27.1. The molecule has 0 saturated carbocycles. The van der Waals surface area contributed by atoms with E-state index in [0.29, 0.717) is 29.6 Å². The summed E-state index contributed by atoms with van der Waals surface area (Å²) in [6.07, 6.45) is 1.68. The number of rotatable bonds is 11. The predicted octanol–water partition coefficient (Wildman–Crippen LogP) is 6.19. The van der Waals surface area contributed by atoms with Gasteiger partial charge < -0.3 is 18.9 Å². The lowest BCUT2D eigenvalue weighted by Gasteiger charge is -2.14. The minimum absolute atomic E-state index is 0.177. The van der Waals surface area contributed by atoms with E-state index in [1.54, 1.807) is 25.3 Å². The van der Waals surface area contributed by atoms with Crippen molar-refractivity contribution in [1.82, 2.24) is 4.90 Å². The molecule has 1 heterocycles. The summed E-state index contributed by atoms with van der Waals surface area (Å²) in [5.41, 5.74) is 3.99. The summed E-state index contributed by atoms with van der Waals surface area (Å²) in [6.45, 7) is 7.10. The molecule has 0 atom stereocenters. The summed E-state index contributed by atoms with van der Waals surface area (Å²) < 4.78 is 22.8. The zero-order valence-electron chi connectivity index (χ0n) is 22.0. The number of carbonyl (C=O) groups is 2. The number of methoxy groups -OCH3 is 1. The quantitative estimate of drug-likeness (QED) is 0.215. The molecule has 0 aliphatic carbocycles. The molecule has 38 heavy (non-hydrogen) atoms. The molecule has 0 spiro atoms. The molecule has 0 radical (unpaired) electrons. The predicted molar refractivity (Wildman–Crippen MR) is 149 cm³/mol.